The van der Waals surface area contributed by atoms with Crippen LogP contribution in [0, 0.1) is 0 Å². The number of thioether (sulfide) groups is 1. The summed E-state index contributed by atoms with van der Waals surface area (Å²) in [6.45, 7) is 4.03. The summed E-state index contributed by atoms with van der Waals surface area (Å²) in [6, 6.07) is 16.5. The Morgan fingerprint density at radius 2 is 1.76 bits per heavy atom. The molecule has 1 fully saturated rings. The smallest absolute Gasteiger partial charge is 0.251 e. The van der Waals surface area contributed by atoms with Gasteiger partial charge >= 0.3 is 0 Å². The molecule has 0 saturated carbocycles. The van der Waals surface area contributed by atoms with E-state index in [0.717, 1.165) is 23.4 Å². The number of hydrogen-bond acceptors (Lipinski definition) is 3. The number of likely N-dealkylation sites (tertiary alicyclic amines) is 1. The van der Waals surface area contributed by atoms with Crippen molar-refractivity contribution in [1.82, 2.24) is 10.2 Å². The molecule has 3 rings (SSSR count). The molecule has 132 valence electrons. The molecule has 1 N–H and O–H groups in total. The fourth-order valence-corrected chi connectivity index (χ4v) is 3.73. The van der Waals surface area contributed by atoms with Crippen LogP contribution in [-0.2, 0) is 18.8 Å². The molecule has 2 aromatic carbocycles. The van der Waals surface area contributed by atoms with Crippen molar-refractivity contribution in [2.24, 2.45) is 0 Å². The molecular weight excluding hydrogens is 328 g/mol. The van der Waals surface area contributed by atoms with E-state index in [2.05, 4.69) is 46.8 Å². The van der Waals surface area contributed by atoms with Crippen molar-refractivity contribution < 1.29 is 4.79 Å². The second-order valence-corrected chi connectivity index (χ2v) is 7.48. The summed E-state index contributed by atoms with van der Waals surface area (Å²) in [5.74, 6) is 0.920. The first-order chi connectivity index (χ1) is 12.2. The Labute approximate surface area is 154 Å². The number of carbonyl (C=O) groups is 1. The van der Waals surface area contributed by atoms with Gasteiger partial charge in [0.25, 0.3) is 5.91 Å². The summed E-state index contributed by atoms with van der Waals surface area (Å²) in [4.78, 5) is 14.8. The van der Waals surface area contributed by atoms with Crippen LogP contribution in [-0.4, -0.2) is 30.2 Å². The number of nitrogens with zero attached hydrogens (tertiary/aromatic N) is 1. The van der Waals surface area contributed by atoms with E-state index in [1.807, 2.05) is 18.2 Å². The van der Waals surface area contributed by atoms with Crippen LogP contribution < -0.4 is 5.32 Å². The molecule has 25 heavy (non-hydrogen) atoms. The fraction of sp³-hybridized carbons (Fsp3) is 0.381. The normalized spacial score (nSPS) is 14.6. The van der Waals surface area contributed by atoms with E-state index in [4.69, 9.17) is 0 Å². The highest BCUT2D eigenvalue weighted by atomic mass is 32.2. The summed E-state index contributed by atoms with van der Waals surface area (Å²) in [5.41, 5.74) is 4.41. The quantitative estimate of drug-likeness (QED) is 0.813. The van der Waals surface area contributed by atoms with Crippen LogP contribution in [0.5, 0.6) is 0 Å². The van der Waals surface area contributed by atoms with Crippen molar-refractivity contribution in [1.29, 1.82) is 0 Å². The van der Waals surface area contributed by atoms with Gasteiger partial charge in [0.1, 0.15) is 0 Å². The lowest BCUT2D eigenvalue weighted by atomic mass is 10.1. The SMILES string of the molecule is CSCc1cccc(C(=O)NCc2ccc(CN3CCCC3)cc2)c1. The Bertz CT molecular complexity index is 693. The first kappa shape index (κ1) is 18.0. The van der Waals surface area contributed by atoms with E-state index in [9.17, 15) is 4.79 Å². The van der Waals surface area contributed by atoms with Gasteiger partial charge in [0, 0.05) is 24.4 Å². The van der Waals surface area contributed by atoms with Gasteiger partial charge in [0.05, 0.1) is 0 Å². The van der Waals surface area contributed by atoms with Crippen LogP contribution in [0.25, 0.3) is 0 Å². The van der Waals surface area contributed by atoms with Gasteiger partial charge in [-0.1, -0.05) is 36.4 Å². The average molecular weight is 355 g/mol. The summed E-state index contributed by atoms with van der Waals surface area (Å²) >= 11 is 1.76. The molecule has 0 aromatic heterocycles. The van der Waals surface area contributed by atoms with Crippen LogP contribution in [0.3, 0.4) is 0 Å². The fourth-order valence-electron chi connectivity index (χ4n) is 3.21. The Kier molecular flexibility index (Phi) is 6.54. The Hall–Kier alpha value is -1.78. The lowest BCUT2D eigenvalue weighted by molar-refractivity contribution is 0.0951. The maximum Gasteiger partial charge on any atom is 0.251 e. The molecule has 1 aliphatic heterocycles. The van der Waals surface area contributed by atoms with Crippen molar-refractivity contribution in [3.63, 3.8) is 0 Å². The third kappa shape index (κ3) is 5.35. The van der Waals surface area contributed by atoms with Gasteiger partial charge in [-0.15, -0.1) is 0 Å². The predicted octanol–water partition coefficient (Wildman–Crippen LogP) is 4.08. The van der Waals surface area contributed by atoms with Crippen LogP contribution in [0.4, 0.5) is 0 Å². The Morgan fingerprint density at radius 3 is 2.48 bits per heavy atom. The molecule has 3 nitrogen and oxygen atoms in total. The van der Waals surface area contributed by atoms with Gasteiger partial charge in [-0.3, -0.25) is 9.69 Å². The number of amides is 1. The first-order valence-electron chi connectivity index (χ1n) is 8.91. The third-order valence-electron chi connectivity index (χ3n) is 4.58. The highest BCUT2D eigenvalue weighted by Gasteiger charge is 2.11. The van der Waals surface area contributed by atoms with E-state index in [1.165, 1.54) is 37.1 Å². The zero-order chi connectivity index (χ0) is 17.5. The van der Waals surface area contributed by atoms with Crippen molar-refractivity contribution >= 4 is 17.7 Å². The van der Waals surface area contributed by atoms with Gasteiger partial charge in [-0.05, 0) is 61.0 Å². The van der Waals surface area contributed by atoms with Gasteiger partial charge in [0.2, 0.25) is 0 Å². The highest BCUT2D eigenvalue weighted by Crippen LogP contribution is 2.14. The van der Waals surface area contributed by atoms with Crippen LogP contribution in [0.1, 0.15) is 39.9 Å². The third-order valence-corrected chi connectivity index (χ3v) is 5.20. The number of carbonyl (C=O) groups excluding carboxylic acids is 1. The van der Waals surface area contributed by atoms with E-state index >= 15 is 0 Å². The van der Waals surface area contributed by atoms with Crippen molar-refractivity contribution in [3.8, 4) is 0 Å². The molecule has 1 heterocycles. The minimum atomic E-state index is -0.0101. The molecular formula is C21H26N2OS. The zero-order valence-corrected chi connectivity index (χ0v) is 15.6. The van der Waals surface area contributed by atoms with Gasteiger partial charge < -0.3 is 5.32 Å². The number of nitrogens with one attached hydrogen (secondary N) is 1. The monoisotopic (exact) mass is 354 g/mol. The summed E-state index contributed by atoms with van der Waals surface area (Å²) < 4.78 is 0. The average Bonchev–Trinajstić information content (AvgIpc) is 3.14. The Morgan fingerprint density at radius 1 is 1.04 bits per heavy atom. The largest absolute Gasteiger partial charge is 0.348 e. The summed E-state index contributed by atoms with van der Waals surface area (Å²) in [6.07, 6.45) is 4.71. The Balaban J connectivity index is 1.52. The van der Waals surface area contributed by atoms with Crippen molar-refractivity contribution in [2.45, 2.75) is 31.7 Å². The minimum Gasteiger partial charge on any atom is -0.348 e. The highest BCUT2D eigenvalue weighted by molar-refractivity contribution is 7.97. The molecule has 0 spiro atoms. The molecule has 2 aromatic rings. The van der Waals surface area contributed by atoms with Gasteiger partial charge in [-0.25, -0.2) is 0 Å². The van der Waals surface area contributed by atoms with E-state index in [1.54, 1.807) is 11.8 Å². The van der Waals surface area contributed by atoms with Crippen molar-refractivity contribution in [3.05, 3.63) is 70.8 Å². The summed E-state index contributed by atoms with van der Waals surface area (Å²) in [7, 11) is 0. The second kappa shape index (κ2) is 9.07. The molecule has 0 bridgehead atoms. The van der Waals surface area contributed by atoms with E-state index in [-0.39, 0.29) is 5.91 Å². The molecule has 0 aliphatic carbocycles. The van der Waals surface area contributed by atoms with E-state index < -0.39 is 0 Å². The molecule has 1 aliphatic rings. The number of hydrogen-bond donors (Lipinski definition) is 1. The maximum atomic E-state index is 12.3. The lowest BCUT2D eigenvalue weighted by Crippen LogP contribution is -2.23. The van der Waals surface area contributed by atoms with E-state index in [0.29, 0.717) is 6.54 Å². The van der Waals surface area contributed by atoms with Crippen molar-refractivity contribution in [2.75, 3.05) is 19.3 Å². The first-order valence-corrected chi connectivity index (χ1v) is 10.3. The van der Waals surface area contributed by atoms with Gasteiger partial charge in [0.15, 0.2) is 0 Å². The number of benzene rings is 2. The van der Waals surface area contributed by atoms with Crippen LogP contribution in [0.15, 0.2) is 48.5 Å². The topological polar surface area (TPSA) is 32.3 Å². The molecule has 4 heteroatoms. The molecule has 0 radical (unpaired) electrons. The lowest BCUT2D eigenvalue weighted by Gasteiger charge is -2.14. The zero-order valence-electron chi connectivity index (χ0n) is 14.8. The minimum absolute atomic E-state index is 0.0101. The number of rotatable bonds is 7. The molecule has 1 amide bonds. The molecule has 1 saturated heterocycles. The molecule has 0 atom stereocenters. The summed E-state index contributed by atoms with van der Waals surface area (Å²) in [5, 5.41) is 3.02. The molecule has 0 unspecified atom stereocenters. The standard InChI is InChI=1S/C21H26N2OS/c1-25-16-19-5-4-6-20(13-19)21(24)22-14-17-7-9-18(10-8-17)15-23-11-2-3-12-23/h4-10,13H,2-3,11-12,14-16H2,1H3,(H,22,24). The predicted molar refractivity (Wildman–Crippen MR) is 106 cm³/mol. The van der Waals surface area contributed by atoms with Crippen LogP contribution in [0.2, 0.25) is 0 Å². The van der Waals surface area contributed by atoms with Gasteiger partial charge in [-0.2, -0.15) is 11.8 Å². The maximum absolute atomic E-state index is 12.3. The second-order valence-electron chi connectivity index (χ2n) is 6.62. The van der Waals surface area contributed by atoms with Crippen LogP contribution >= 0.6 is 11.8 Å².